The predicted molar refractivity (Wildman–Crippen MR) is 98.0 cm³/mol. The zero-order chi connectivity index (χ0) is 18.1. The highest BCUT2D eigenvalue weighted by Crippen LogP contribution is 2.28. The summed E-state index contributed by atoms with van der Waals surface area (Å²) in [5, 5.41) is 11.2. The minimum atomic E-state index is -0.573. The first-order chi connectivity index (χ1) is 11.8. The molecule has 25 heavy (non-hydrogen) atoms. The van der Waals surface area contributed by atoms with E-state index in [1.54, 1.807) is 18.3 Å². The van der Waals surface area contributed by atoms with Crippen molar-refractivity contribution in [2.75, 3.05) is 0 Å². The van der Waals surface area contributed by atoms with Crippen molar-refractivity contribution >= 4 is 45.6 Å². The summed E-state index contributed by atoms with van der Waals surface area (Å²) in [5.74, 6) is 0. The van der Waals surface area contributed by atoms with Crippen LogP contribution in [-0.4, -0.2) is 14.3 Å². The maximum atomic E-state index is 12.2. The number of nitro groups is 1. The predicted octanol–water partition coefficient (Wildman–Crippen LogP) is 4.30. The summed E-state index contributed by atoms with van der Waals surface area (Å²) in [5.41, 5.74) is 1.67. The van der Waals surface area contributed by atoms with E-state index in [0.29, 0.717) is 11.2 Å². The van der Waals surface area contributed by atoms with Crippen LogP contribution in [0.2, 0.25) is 5.02 Å². The molecule has 2 heterocycles. The van der Waals surface area contributed by atoms with Crippen LogP contribution in [0.4, 0.5) is 5.69 Å². The molecule has 126 valence electrons. The molecule has 0 aliphatic rings. The molecule has 3 aromatic rings. The summed E-state index contributed by atoms with van der Waals surface area (Å²) in [6, 6.07) is 9.19. The second-order valence-electron chi connectivity index (χ2n) is 5.37. The second kappa shape index (κ2) is 6.66. The number of rotatable bonds is 3. The smallest absolute Gasteiger partial charge is 0.269 e. The summed E-state index contributed by atoms with van der Waals surface area (Å²) in [7, 11) is 0. The zero-order valence-corrected chi connectivity index (χ0v) is 14.5. The van der Waals surface area contributed by atoms with Gasteiger partial charge in [0, 0.05) is 18.3 Å². The third-order valence-electron chi connectivity index (χ3n) is 3.51. The van der Waals surface area contributed by atoms with Crippen LogP contribution in [0.5, 0.6) is 0 Å². The lowest BCUT2D eigenvalue weighted by atomic mass is 10.1. The Hall–Kier alpha value is -2.70. The van der Waals surface area contributed by atoms with Gasteiger partial charge in [-0.15, -0.1) is 0 Å². The first kappa shape index (κ1) is 17.1. The van der Waals surface area contributed by atoms with Gasteiger partial charge in [-0.25, -0.2) is 4.98 Å². The van der Waals surface area contributed by atoms with Gasteiger partial charge in [-0.05, 0) is 36.3 Å². The summed E-state index contributed by atoms with van der Waals surface area (Å²) in [4.78, 5) is 27.0. The Balaban J connectivity index is 2.07. The topological polar surface area (TPSA) is 77.5 Å². The fourth-order valence-electron chi connectivity index (χ4n) is 2.31. The lowest BCUT2D eigenvalue weighted by Crippen LogP contribution is -2.15. The van der Waals surface area contributed by atoms with Crippen molar-refractivity contribution in [2.45, 2.75) is 6.92 Å². The van der Waals surface area contributed by atoms with E-state index in [1.807, 2.05) is 13.0 Å². The number of aromatic nitrogens is 2. The number of nitro benzene ring substituents is 1. The molecule has 0 radical (unpaired) electrons. The van der Waals surface area contributed by atoms with Gasteiger partial charge in [0.1, 0.15) is 10.7 Å². The van der Waals surface area contributed by atoms with Gasteiger partial charge in [-0.3, -0.25) is 19.3 Å². The standard InChI is InChI=1S/C17H11Cl2N3O3/c1-10-2-5-16-20-14(8-17(23)21(16)9-10)13(19)6-11-3-4-12(18)15(7-11)22(24)25/h2-9H,1H3/b13-6-. The number of hydrogen-bond acceptors (Lipinski definition) is 4. The Morgan fingerprint density at radius 1 is 1.28 bits per heavy atom. The van der Waals surface area contributed by atoms with Gasteiger partial charge in [-0.2, -0.15) is 0 Å². The molecule has 3 rings (SSSR count). The van der Waals surface area contributed by atoms with E-state index in [9.17, 15) is 14.9 Å². The molecule has 0 aliphatic carbocycles. The Kier molecular flexibility index (Phi) is 4.57. The van der Waals surface area contributed by atoms with Gasteiger partial charge >= 0.3 is 0 Å². The summed E-state index contributed by atoms with van der Waals surface area (Å²) in [6.45, 7) is 1.88. The SMILES string of the molecule is Cc1ccc2nc(/C(Cl)=C/c3ccc(Cl)c([N+](=O)[O-])c3)cc(=O)n2c1. The number of pyridine rings is 1. The lowest BCUT2D eigenvalue weighted by Gasteiger charge is -2.05. The molecular formula is C17H11Cl2N3O3. The molecule has 0 saturated heterocycles. The van der Waals surface area contributed by atoms with Gasteiger partial charge in [-0.1, -0.05) is 35.3 Å². The van der Waals surface area contributed by atoms with E-state index >= 15 is 0 Å². The number of aryl methyl sites for hydroxylation is 1. The average Bonchev–Trinajstić information content (AvgIpc) is 2.56. The van der Waals surface area contributed by atoms with E-state index in [4.69, 9.17) is 23.2 Å². The molecule has 0 amide bonds. The van der Waals surface area contributed by atoms with Crippen LogP contribution in [0, 0.1) is 17.0 Å². The minimum absolute atomic E-state index is 0.0377. The normalized spacial score (nSPS) is 11.7. The molecule has 0 spiro atoms. The number of fused-ring (bicyclic) bond motifs is 1. The molecule has 0 unspecified atom stereocenters. The third kappa shape index (κ3) is 3.55. The third-order valence-corrected chi connectivity index (χ3v) is 4.13. The van der Waals surface area contributed by atoms with Crippen LogP contribution in [0.3, 0.4) is 0 Å². The zero-order valence-electron chi connectivity index (χ0n) is 12.9. The summed E-state index contributed by atoms with van der Waals surface area (Å²) < 4.78 is 1.43. The van der Waals surface area contributed by atoms with E-state index in [0.717, 1.165) is 5.56 Å². The van der Waals surface area contributed by atoms with Gasteiger partial charge in [0.15, 0.2) is 0 Å². The Morgan fingerprint density at radius 3 is 2.76 bits per heavy atom. The molecule has 1 aromatic carbocycles. The molecule has 0 aliphatic heterocycles. The quantitative estimate of drug-likeness (QED) is 0.504. The van der Waals surface area contributed by atoms with E-state index in [2.05, 4.69) is 4.98 Å². The van der Waals surface area contributed by atoms with Gasteiger partial charge in [0.25, 0.3) is 11.2 Å². The van der Waals surface area contributed by atoms with Crippen molar-refractivity contribution < 1.29 is 4.92 Å². The molecular weight excluding hydrogens is 365 g/mol. The van der Waals surface area contributed by atoms with E-state index < -0.39 is 4.92 Å². The largest absolute Gasteiger partial charge is 0.288 e. The van der Waals surface area contributed by atoms with Gasteiger partial charge in [0.2, 0.25) is 0 Å². The van der Waals surface area contributed by atoms with Crippen LogP contribution >= 0.6 is 23.2 Å². The maximum Gasteiger partial charge on any atom is 0.288 e. The average molecular weight is 376 g/mol. The highest BCUT2D eigenvalue weighted by molar-refractivity contribution is 6.51. The molecule has 2 aromatic heterocycles. The minimum Gasteiger partial charge on any atom is -0.269 e. The molecule has 0 N–H and O–H groups in total. The van der Waals surface area contributed by atoms with Crippen LogP contribution < -0.4 is 5.56 Å². The van der Waals surface area contributed by atoms with Gasteiger partial charge in [0.05, 0.1) is 15.6 Å². The van der Waals surface area contributed by atoms with Gasteiger partial charge < -0.3 is 0 Å². The molecule has 8 heteroatoms. The highest BCUT2D eigenvalue weighted by atomic mass is 35.5. The maximum absolute atomic E-state index is 12.2. The summed E-state index contributed by atoms with van der Waals surface area (Å²) in [6.07, 6.45) is 3.19. The summed E-state index contributed by atoms with van der Waals surface area (Å²) >= 11 is 12.1. The van der Waals surface area contributed by atoms with Crippen LogP contribution in [-0.2, 0) is 0 Å². The molecule has 6 nitrogen and oxygen atoms in total. The van der Waals surface area contributed by atoms with Crippen LogP contribution in [0.15, 0.2) is 47.4 Å². The van der Waals surface area contributed by atoms with Crippen molar-refractivity contribution in [3.8, 4) is 0 Å². The monoisotopic (exact) mass is 375 g/mol. The van der Waals surface area contributed by atoms with Crippen molar-refractivity contribution in [1.29, 1.82) is 0 Å². The van der Waals surface area contributed by atoms with Crippen LogP contribution in [0.1, 0.15) is 16.8 Å². The lowest BCUT2D eigenvalue weighted by molar-refractivity contribution is -0.384. The van der Waals surface area contributed by atoms with Crippen LogP contribution in [0.25, 0.3) is 16.8 Å². The molecule has 0 atom stereocenters. The molecule has 0 bridgehead atoms. The van der Waals surface area contributed by atoms with E-state index in [1.165, 1.54) is 28.7 Å². The Labute approximate surface area is 152 Å². The first-order valence-electron chi connectivity index (χ1n) is 7.17. The highest BCUT2D eigenvalue weighted by Gasteiger charge is 2.13. The fraction of sp³-hybridized carbons (Fsp3) is 0.0588. The fourth-order valence-corrected chi connectivity index (χ4v) is 2.72. The van der Waals surface area contributed by atoms with Crippen molar-refractivity contribution in [2.24, 2.45) is 0 Å². The number of nitrogens with zero attached hydrogens (tertiary/aromatic N) is 3. The van der Waals surface area contributed by atoms with Crippen molar-refractivity contribution in [3.05, 3.63) is 84.9 Å². The number of halogens is 2. The molecule has 0 fully saturated rings. The second-order valence-corrected chi connectivity index (χ2v) is 6.19. The first-order valence-corrected chi connectivity index (χ1v) is 7.92. The van der Waals surface area contributed by atoms with E-state index in [-0.39, 0.29) is 27.0 Å². The molecule has 0 saturated carbocycles. The number of benzene rings is 1. The van der Waals surface area contributed by atoms with Crippen molar-refractivity contribution in [1.82, 2.24) is 9.38 Å². The Bertz CT molecular complexity index is 1090. The van der Waals surface area contributed by atoms with Crippen molar-refractivity contribution in [3.63, 3.8) is 0 Å². The Morgan fingerprint density at radius 2 is 2.04 bits per heavy atom. The number of hydrogen-bond donors (Lipinski definition) is 0.